The van der Waals surface area contributed by atoms with Crippen LogP contribution in [0.4, 0.5) is 0 Å². The van der Waals surface area contributed by atoms with Crippen LogP contribution in [-0.2, 0) is 0 Å². The zero-order valence-electron chi connectivity index (χ0n) is 15.3. The van der Waals surface area contributed by atoms with Crippen LogP contribution in [0.5, 0.6) is 0 Å². The van der Waals surface area contributed by atoms with Gasteiger partial charge in [-0.2, -0.15) is 0 Å². The van der Waals surface area contributed by atoms with Gasteiger partial charge in [-0.25, -0.2) is 0 Å². The quantitative estimate of drug-likeness (QED) is 0.146. The van der Waals surface area contributed by atoms with Gasteiger partial charge in [0.1, 0.15) is 0 Å². The third-order valence-electron chi connectivity index (χ3n) is 4.63. The van der Waals surface area contributed by atoms with E-state index in [0.717, 1.165) is 0 Å². The van der Waals surface area contributed by atoms with Gasteiger partial charge in [0.2, 0.25) is 0 Å². The molecule has 0 aliphatic rings. The molecule has 0 aliphatic heterocycles. The molecule has 0 amide bonds. The van der Waals surface area contributed by atoms with Gasteiger partial charge >= 0.3 is 104 Å². The first-order valence-electron chi connectivity index (χ1n) is 10.3. The van der Waals surface area contributed by atoms with E-state index >= 15 is 0 Å². The maximum atomic E-state index is 5.14. The predicted molar refractivity (Wildman–Crippen MR) is 107 cm³/mol. The van der Waals surface area contributed by atoms with E-state index in [-0.39, 0.29) is 19.2 Å². The van der Waals surface area contributed by atoms with Gasteiger partial charge in [-0.3, -0.25) is 0 Å². The van der Waals surface area contributed by atoms with Crippen molar-refractivity contribution in [3.63, 3.8) is 0 Å². The Labute approximate surface area is 155 Å². The molecule has 0 heterocycles. The van der Waals surface area contributed by atoms with E-state index in [1.54, 1.807) is 0 Å². The minimum atomic E-state index is -0.300. The zero-order chi connectivity index (χ0) is 16.1. The summed E-state index contributed by atoms with van der Waals surface area (Å²) in [5.74, 6) is 0. The van der Waals surface area contributed by atoms with E-state index in [0.29, 0.717) is 0 Å². The van der Waals surface area contributed by atoms with Gasteiger partial charge in [-0.15, -0.1) is 0 Å². The van der Waals surface area contributed by atoms with Gasteiger partial charge in [0, 0.05) is 0 Å². The van der Waals surface area contributed by atoms with E-state index < -0.39 is 0 Å². The summed E-state index contributed by atoms with van der Waals surface area (Å²) in [5.41, 5.74) is 0. The standard InChI is InChI=1S/C20H41.S.Sn/c1-3-5-7-9-11-13-15-17-19-20-18-16-14-12-10-8-6-4-2;;/h1,3-20H2,2H3;;. The van der Waals surface area contributed by atoms with Crippen molar-refractivity contribution < 1.29 is 0 Å². The Morgan fingerprint density at radius 3 is 1.00 bits per heavy atom. The van der Waals surface area contributed by atoms with Gasteiger partial charge < -0.3 is 0 Å². The molecule has 131 valence electrons. The normalized spacial score (nSPS) is 11.0. The molecule has 0 saturated carbocycles. The second-order valence-electron chi connectivity index (χ2n) is 6.90. The summed E-state index contributed by atoms with van der Waals surface area (Å²) < 4.78 is 1.43. The SMILES string of the molecule is CCCCCCCCCCCCCCCCCCC[CH2][Sn]=[S]. The molecule has 0 bridgehead atoms. The fourth-order valence-electron chi connectivity index (χ4n) is 3.10. The molecule has 0 aromatic heterocycles. The molecule has 0 aromatic rings. The van der Waals surface area contributed by atoms with E-state index in [9.17, 15) is 0 Å². The Kier molecular flexibility index (Phi) is 23.0. The molecular formula is C20H41SSn. The summed E-state index contributed by atoms with van der Waals surface area (Å²) in [6, 6.07) is 0. The van der Waals surface area contributed by atoms with Crippen molar-refractivity contribution in [2.45, 2.75) is 127 Å². The molecule has 22 heavy (non-hydrogen) atoms. The van der Waals surface area contributed by atoms with E-state index in [2.05, 4.69) is 6.92 Å². The van der Waals surface area contributed by atoms with E-state index in [1.807, 2.05) is 0 Å². The van der Waals surface area contributed by atoms with Gasteiger partial charge in [0.15, 0.2) is 0 Å². The third-order valence-corrected chi connectivity index (χ3v) is 7.59. The Bertz CT molecular complexity index is 206. The molecule has 0 aliphatic carbocycles. The molecule has 2 heteroatoms. The first-order valence-corrected chi connectivity index (χ1v) is 16.2. The summed E-state index contributed by atoms with van der Waals surface area (Å²) in [4.78, 5) is 0. The van der Waals surface area contributed by atoms with Crippen molar-refractivity contribution in [2.24, 2.45) is 0 Å². The molecule has 0 spiro atoms. The molecule has 0 N–H and O–H groups in total. The molecule has 0 atom stereocenters. The van der Waals surface area contributed by atoms with Crippen LogP contribution in [0.2, 0.25) is 4.44 Å². The van der Waals surface area contributed by atoms with Crippen LogP contribution in [0.25, 0.3) is 0 Å². The second-order valence-corrected chi connectivity index (χ2v) is 11.1. The summed E-state index contributed by atoms with van der Waals surface area (Å²) in [6.45, 7) is 2.30. The number of hydrogen-bond donors (Lipinski definition) is 0. The van der Waals surface area contributed by atoms with Crippen LogP contribution in [0.1, 0.15) is 122 Å². The van der Waals surface area contributed by atoms with E-state index in [4.69, 9.17) is 9.29 Å². The van der Waals surface area contributed by atoms with Crippen LogP contribution in [0, 0.1) is 0 Å². The van der Waals surface area contributed by atoms with Gasteiger partial charge in [0.25, 0.3) is 0 Å². The number of rotatable bonds is 19. The molecule has 0 fully saturated rings. The van der Waals surface area contributed by atoms with Crippen LogP contribution in [0.15, 0.2) is 0 Å². The fraction of sp³-hybridized carbons (Fsp3) is 1.00. The predicted octanol–water partition coefficient (Wildman–Crippen LogP) is 8.26. The zero-order valence-corrected chi connectivity index (χ0v) is 19.0. The first-order chi connectivity index (χ1) is 10.9. The second kappa shape index (κ2) is 22.0. The van der Waals surface area contributed by atoms with Gasteiger partial charge in [0.05, 0.1) is 0 Å². The number of unbranched alkanes of at least 4 members (excludes halogenated alkanes) is 17. The summed E-state index contributed by atoms with van der Waals surface area (Å²) in [7, 11) is 5.14. The Hall–Kier alpha value is 1.02. The van der Waals surface area contributed by atoms with Crippen molar-refractivity contribution in [3.05, 3.63) is 0 Å². The average Bonchev–Trinajstić information content (AvgIpc) is 2.54. The van der Waals surface area contributed by atoms with Crippen molar-refractivity contribution in [1.82, 2.24) is 0 Å². The number of hydrogen-bond acceptors (Lipinski definition) is 1. The summed E-state index contributed by atoms with van der Waals surface area (Å²) in [5, 5.41) is 0. The summed E-state index contributed by atoms with van der Waals surface area (Å²) in [6.07, 6.45) is 26.4. The fourth-order valence-corrected chi connectivity index (χ4v) is 5.19. The average molecular weight is 432 g/mol. The minimum absolute atomic E-state index is 0.300. The van der Waals surface area contributed by atoms with Crippen molar-refractivity contribution in [1.29, 1.82) is 0 Å². The molecule has 0 saturated heterocycles. The van der Waals surface area contributed by atoms with Crippen molar-refractivity contribution in [3.8, 4) is 0 Å². The van der Waals surface area contributed by atoms with Crippen LogP contribution < -0.4 is 0 Å². The summed E-state index contributed by atoms with van der Waals surface area (Å²) >= 11 is -0.300. The molecule has 0 nitrogen and oxygen atoms in total. The molecule has 0 aromatic carbocycles. The first kappa shape index (κ1) is 23.0. The Morgan fingerprint density at radius 2 is 0.727 bits per heavy atom. The monoisotopic (exact) mass is 433 g/mol. The van der Waals surface area contributed by atoms with E-state index in [1.165, 1.54) is 120 Å². The van der Waals surface area contributed by atoms with Crippen molar-refractivity contribution in [2.75, 3.05) is 0 Å². The van der Waals surface area contributed by atoms with Crippen LogP contribution in [-0.4, -0.2) is 19.2 Å². The topological polar surface area (TPSA) is 0 Å². The molecule has 0 rings (SSSR count). The van der Waals surface area contributed by atoms with Gasteiger partial charge in [-0.05, 0) is 0 Å². The van der Waals surface area contributed by atoms with Crippen molar-refractivity contribution >= 4 is 28.5 Å². The Balaban J connectivity index is 2.92. The van der Waals surface area contributed by atoms with Crippen LogP contribution >= 0.6 is 9.29 Å². The van der Waals surface area contributed by atoms with Gasteiger partial charge in [-0.1, -0.05) is 51.9 Å². The Morgan fingerprint density at radius 1 is 0.455 bits per heavy atom. The molecule has 0 unspecified atom stereocenters. The van der Waals surface area contributed by atoms with Crippen LogP contribution in [0.3, 0.4) is 0 Å². The maximum absolute atomic E-state index is 5.14. The third kappa shape index (κ3) is 21.0. The molecule has 1 radical (unpaired) electrons. The molecular weight excluding hydrogens is 391 g/mol.